The van der Waals surface area contributed by atoms with Gasteiger partial charge in [-0.1, -0.05) is 0 Å². The average Bonchev–Trinajstić information content (AvgIpc) is 2.24. The molecule has 1 N–H and O–H groups in total. The summed E-state index contributed by atoms with van der Waals surface area (Å²) in [5, 5.41) is 8.76. The fraction of sp³-hybridized carbons (Fsp3) is 0.917. The molecule has 1 aliphatic rings. The molecular formula is C12H23NO3. The van der Waals surface area contributed by atoms with Crippen LogP contribution in [-0.2, 0) is 9.53 Å². The number of ether oxygens (including phenoxy) is 1. The molecule has 0 aliphatic carbocycles. The number of carboxylic acid groups (broad SMARTS) is 1. The number of nitrogens with zero attached hydrogens (tertiary/aromatic N) is 1. The molecule has 0 amide bonds. The van der Waals surface area contributed by atoms with Crippen LogP contribution in [-0.4, -0.2) is 48.8 Å². The summed E-state index contributed by atoms with van der Waals surface area (Å²) in [7, 11) is 0. The standard InChI is InChI=1S/C12H23NO3/c1-2-16-8-4-7-13-6-3-5-11(10-13)9-12(14)15/h11H,2-10H2,1H3,(H,14,15). The molecule has 1 unspecified atom stereocenters. The van der Waals surface area contributed by atoms with Crippen LogP contribution in [0.5, 0.6) is 0 Å². The lowest BCUT2D eigenvalue weighted by atomic mass is 9.95. The minimum absolute atomic E-state index is 0.321. The van der Waals surface area contributed by atoms with Crippen LogP contribution in [0.3, 0.4) is 0 Å². The smallest absolute Gasteiger partial charge is 0.303 e. The Hall–Kier alpha value is -0.610. The molecule has 1 saturated heterocycles. The summed E-state index contributed by atoms with van der Waals surface area (Å²) in [5.41, 5.74) is 0. The van der Waals surface area contributed by atoms with E-state index in [0.717, 1.165) is 52.1 Å². The molecule has 1 rings (SSSR count). The molecule has 0 aromatic rings. The molecule has 4 heteroatoms. The van der Waals surface area contributed by atoms with Crippen molar-refractivity contribution in [3.8, 4) is 0 Å². The number of hydrogen-bond acceptors (Lipinski definition) is 3. The van der Waals surface area contributed by atoms with Gasteiger partial charge in [0.1, 0.15) is 0 Å². The van der Waals surface area contributed by atoms with Gasteiger partial charge in [0.2, 0.25) is 0 Å². The third kappa shape index (κ3) is 5.47. The summed E-state index contributed by atoms with van der Waals surface area (Å²) in [6.45, 7) is 6.69. The molecule has 0 spiro atoms. The Bertz CT molecular complexity index is 208. The van der Waals surface area contributed by atoms with Gasteiger partial charge in [-0.2, -0.15) is 0 Å². The van der Waals surface area contributed by atoms with Crippen LogP contribution in [0.1, 0.15) is 32.6 Å². The highest BCUT2D eigenvalue weighted by atomic mass is 16.5. The van der Waals surface area contributed by atoms with E-state index in [0.29, 0.717) is 12.3 Å². The predicted octanol–water partition coefficient (Wildman–Crippen LogP) is 1.60. The quantitative estimate of drug-likeness (QED) is 0.674. The van der Waals surface area contributed by atoms with Crippen LogP contribution in [0, 0.1) is 5.92 Å². The normalized spacial score (nSPS) is 22.2. The molecule has 4 nitrogen and oxygen atoms in total. The van der Waals surface area contributed by atoms with Crippen LogP contribution in [0.15, 0.2) is 0 Å². The van der Waals surface area contributed by atoms with Crippen LogP contribution in [0.2, 0.25) is 0 Å². The van der Waals surface area contributed by atoms with Gasteiger partial charge >= 0.3 is 5.97 Å². The summed E-state index contributed by atoms with van der Waals surface area (Å²) in [6.07, 6.45) is 3.57. The second-order valence-corrected chi connectivity index (χ2v) is 4.46. The maximum absolute atomic E-state index is 10.6. The molecule has 0 saturated carbocycles. The van der Waals surface area contributed by atoms with Crippen LogP contribution >= 0.6 is 0 Å². The molecular weight excluding hydrogens is 206 g/mol. The average molecular weight is 229 g/mol. The third-order valence-corrected chi connectivity index (χ3v) is 3.03. The third-order valence-electron chi connectivity index (χ3n) is 3.03. The van der Waals surface area contributed by atoms with Gasteiger partial charge in [-0.15, -0.1) is 0 Å². The molecule has 1 heterocycles. The number of rotatable bonds is 7. The van der Waals surface area contributed by atoms with Gasteiger partial charge in [0, 0.05) is 32.7 Å². The second kappa shape index (κ2) is 7.63. The van der Waals surface area contributed by atoms with Crippen molar-refractivity contribution in [1.82, 2.24) is 4.90 Å². The number of aliphatic carboxylic acids is 1. The first kappa shape index (κ1) is 13.5. The van der Waals surface area contributed by atoms with Crippen molar-refractivity contribution in [2.45, 2.75) is 32.6 Å². The largest absolute Gasteiger partial charge is 0.481 e. The van der Waals surface area contributed by atoms with Gasteiger partial charge in [0.25, 0.3) is 0 Å². The van der Waals surface area contributed by atoms with Gasteiger partial charge in [-0.25, -0.2) is 0 Å². The lowest BCUT2D eigenvalue weighted by Gasteiger charge is -2.31. The van der Waals surface area contributed by atoms with Crippen LogP contribution < -0.4 is 0 Å². The predicted molar refractivity (Wildman–Crippen MR) is 62.5 cm³/mol. The van der Waals surface area contributed by atoms with Crippen molar-refractivity contribution in [2.75, 3.05) is 32.8 Å². The first-order valence-corrected chi connectivity index (χ1v) is 6.24. The molecule has 1 aliphatic heterocycles. The Kier molecular flexibility index (Phi) is 6.42. The molecule has 16 heavy (non-hydrogen) atoms. The molecule has 1 atom stereocenters. The molecule has 0 aromatic carbocycles. The Labute approximate surface area is 97.6 Å². The minimum Gasteiger partial charge on any atom is -0.481 e. The first-order chi connectivity index (χ1) is 7.72. The minimum atomic E-state index is -0.666. The number of piperidine rings is 1. The van der Waals surface area contributed by atoms with Gasteiger partial charge in [0.15, 0.2) is 0 Å². The zero-order chi connectivity index (χ0) is 11.8. The van der Waals surface area contributed by atoms with Crippen molar-refractivity contribution in [3.63, 3.8) is 0 Å². The fourth-order valence-corrected chi connectivity index (χ4v) is 2.30. The van der Waals surface area contributed by atoms with E-state index in [4.69, 9.17) is 9.84 Å². The second-order valence-electron chi connectivity index (χ2n) is 4.46. The van der Waals surface area contributed by atoms with Gasteiger partial charge in [-0.3, -0.25) is 4.79 Å². The Balaban J connectivity index is 2.14. The number of hydrogen-bond donors (Lipinski definition) is 1. The van der Waals surface area contributed by atoms with E-state index in [2.05, 4.69) is 4.90 Å². The Morgan fingerprint density at radius 1 is 1.56 bits per heavy atom. The topological polar surface area (TPSA) is 49.8 Å². The molecule has 0 radical (unpaired) electrons. The van der Waals surface area contributed by atoms with E-state index in [1.807, 2.05) is 6.92 Å². The van der Waals surface area contributed by atoms with Crippen LogP contribution in [0.25, 0.3) is 0 Å². The summed E-state index contributed by atoms with van der Waals surface area (Å²) in [4.78, 5) is 13.0. The molecule has 94 valence electrons. The lowest BCUT2D eigenvalue weighted by molar-refractivity contribution is -0.138. The van der Waals surface area contributed by atoms with Gasteiger partial charge in [-0.05, 0) is 38.6 Å². The maximum atomic E-state index is 10.6. The summed E-state index contributed by atoms with van der Waals surface area (Å²) in [6, 6.07) is 0. The Morgan fingerprint density at radius 3 is 3.06 bits per heavy atom. The number of likely N-dealkylation sites (tertiary alicyclic amines) is 1. The number of carbonyl (C=O) groups is 1. The molecule has 0 bridgehead atoms. The van der Waals surface area contributed by atoms with E-state index >= 15 is 0 Å². The fourth-order valence-electron chi connectivity index (χ4n) is 2.30. The van der Waals surface area contributed by atoms with Gasteiger partial charge < -0.3 is 14.7 Å². The van der Waals surface area contributed by atoms with Crippen molar-refractivity contribution < 1.29 is 14.6 Å². The summed E-state index contributed by atoms with van der Waals surface area (Å²) >= 11 is 0. The van der Waals surface area contributed by atoms with E-state index < -0.39 is 5.97 Å². The van der Waals surface area contributed by atoms with Crippen molar-refractivity contribution in [2.24, 2.45) is 5.92 Å². The monoisotopic (exact) mass is 229 g/mol. The Morgan fingerprint density at radius 2 is 2.38 bits per heavy atom. The molecule has 0 aromatic heterocycles. The van der Waals surface area contributed by atoms with E-state index in [1.54, 1.807) is 0 Å². The van der Waals surface area contributed by atoms with E-state index in [-0.39, 0.29) is 0 Å². The highest BCUT2D eigenvalue weighted by Gasteiger charge is 2.21. The van der Waals surface area contributed by atoms with Crippen molar-refractivity contribution in [3.05, 3.63) is 0 Å². The SMILES string of the molecule is CCOCCCN1CCCC(CC(=O)O)C1. The number of carboxylic acids is 1. The lowest BCUT2D eigenvalue weighted by Crippen LogP contribution is -2.37. The zero-order valence-corrected chi connectivity index (χ0v) is 10.2. The zero-order valence-electron chi connectivity index (χ0n) is 10.2. The molecule has 1 fully saturated rings. The van der Waals surface area contributed by atoms with Crippen LogP contribution in [0.4, 0.5) is 0 Å². The highest BCUT2D eigenvalue weighted by Crippen LogP contribution is 2.19. The van der Waals surface area contributed by atoms with Crippen molar-refractivity contribution in [1.29, 1.82) is 0 Å². The maximum Gasteiger partial charge on any atom is 0.303 e. The summed E-state index contributed by atoms with van der Waals surface area (Å²) in [5.74, 6) is -0.320. The summed E-state index contributed by atoms with van der Waals surface area (Å²) < 4.78 is 5.30. The van der Waals surface area contributed by atoms with Gasteiger partial charge in [0.05, 0.1) is 0 Å². The van der Waals surface area contributed by atoms with E-state index in [1.165, 1.54) is 0 Å². The first-order valence-electron chi connectivity index (χ1n) is 6.24. The highest BCUT2D eigenvalue weighted by molar-refractivity contribution is 5.67. The van der Waals surface area contributed by atoms with E-state index in [9.17, 15) is 4.79 Å². The van der Waals surface area contributed by atoms with Crippen molar-refractivity contribution >= 4 is 5.97 Å².